The Morgan fingerprint density at radius 1 is 1.03 bits per heavy atom. The van der Waals surface area contributed by atoms with E-state index in [9.17, 15) is 14.4 Å². The fraction of sp³-hybridized carbons (Fsp3) is 0.667. The molecule has 0 aliphatic carbocycles. The number of rotatable bonds is 14. The minimum absolute atomic E-state index is 0. The van der Waals surface area contributed by atoms with Crippen LogP contribution in [0.4, 0.5) is 0 Å². The van der Waals surface area contributed by atoms with Crippen LogP contribution in [0.2, 0.25) is 0 Å². The number of hydrogen-bond donors (Lipinski definition) is 1. The molecule has 0 aliphatic heterocycles. The summed E-state index contributed by atoms with van der Waals surface area (Å²) in [4.78, 5) is 21.7. The van der Waals surface area contributed by atoms with E-state index in [4.69, 9.17) is 14.2 Å². The zero-order chi connectivity index (χ0) is 20.3. The normalized spacial score (nSPS) is 12.4. The third kappa shape index (κ3) is 18.3. The van der Waals surface area contributed by atoms with Gasteiger partial charge in [0.05, 0.1) is 33.7 Å². The Balaban J connectivity index is 0. The van der Waals surface area contributed by atoms with Crippen LogP contribution in [-0.2, 0) is 25.2 Å². The summed E-state index contributed by atoms with van der Waals surface area (Å²) in [7, 11) is -5.08. The van der Waals surface area contributed by atoms with Gasteiger partial charge in [-0.25, -0.2) is 0 Å². The van der Waals surface area contributed by atoms with Crippen molar-refractivity contribution in [3.05, 3.63) is 29.8 Å². The van der Waals surface area contributed by atoms with Gasteiger partial charge in [0, 0.05) is 12.6 Å². The second kappa shape index (κ2) is 17.6. The Hall–Kier alpha value is 1.01. The second-order valence-electron chi connectivity index (χ2n) is 6.66. The van der Waals surface area contributed by atoms with Gasteiger partial charge < -0.3 is 38.4 Å². The van der Waals surface area contributed by atoms with Gasteiger partial charge in [-0.2, -0.15) is 0 Å². The molecule has 8 nitrogen and oxygen atoms in total. The number of phosphoric ester groups is 1. The maximum absolute atomic E-state index is 10.9. The Kier molecular flexibility index (Phi) is 19.5. The molecule has 0 radical (unpaired) electrons. The molecule has 0 saturated heterocycles. The van der Waals surface area contributed by atoms with Crippen LogP contribution in [0, 0.1) is 0 Å². The van der Waals surface area contributed by atoms with Crippen LogP contribution in [0.5, 0.6) is 5.75 Å². The van der Waals surface area contributed by atoms with E-state index < -0.39 is 13.9 Å². The van der Waals surface area contributed by atoms with Gasteiger partial charge in [-0.05, 0) is 31.5 Å². The fourth-order valence-electron chi connectivity index (χ4n) is 2.08. The van der Waals surface area contributed by atoms with E-state index >= 15 is 0 Å². The third-order valence-corrected chi connectivity index (χ3v) is 3.90. The number of phosphoric acid groups is 1. The summed E-state index contributed by atoms with van der Waals surface area (Å²) < 4.78 is 31.9. The van der Waals surface area contributed by atoms with Gasteiger partial charge in [0.15, 0.2) is 0 Å². The van der Waals surface area contributed by atoms with Crippen LogP contribution in [0.25, 0.3) is 0 Å². The largest absolute Gasteiger partial charge is 1.00 e. The molecular formula is C18H30NNa2O7P. The molecular weight excluding hydrogens is 419 g/mol. The van der Waals surface area contributed by atoms with Gasteiger partial charge >= 0.3 is 59.1 Å². The first-order valence-corrected chi connectivity index (χ1v) is 10.5. The summed E-state index contributed by atoms with van der Waals surface area (Å²) >= 11 is 0. The molecule has 1 rings (SSSR count). The summed E-state index contributed by atoms with van der Waals surface area (Å²) in [6, 6.07) is 7.34. The van der Waals surface area contributed by atoms with Gasteiger partial charge in [0.25, 0.3) is 0 Å². The van der Waals surface area contributed by atoms with Crippen molar-refractivity contribution in [2.45, 2.75) is 52.6 Å². The summed E-state index contributed by atoms with van der Waals surface area (Å²) in [6.07, 6.45) is -0.706. The second-order valence-corrected chi connectivity index (χ2v) is 7.77. The van der Waals surface area contributed by atoms with Gasteiger partial charge in [-0.3, -0.25) is 0 Å². The van der Waals surface area contributed by atoms with Crippen LogP contribution < -0.4 is 79.0 Å². The summed E-state index contributed by atoms with van der Waals surface area (Å²) in [5, 5.41) is 3.02. The SMILES string of the molecule is CC(C)NCC(COc1ccc(COCCOC(C)C)cc1)OP(=O)([O-])[O-].[Na+].[Na+]. The number of nitrogens with one attached hydrogen (secondary N) is 1. The first kappa shape index (κ1) is 32.2. The van der Waals surface area contributed by atoms with E-state index in [1.54, 1.807) is 12.1 Å². The molecule has 0 amide bonds. The molecule has 1 N–H and O–H groups in total. The maximum atomic E-state index is 10.9. The molecule has 1 aromatic carbocycles. The Morgan fingerprint density at radius 3 is 2.17 bits per heavy atom. The molecule has 0 aliphatic rings. The molecule has 0 bridgehead atoms. The molecule has 1 unspecified atom stereocenters. The Morgan fingerprint density at radius 2 is 1.66 bits per heavy atom. The van der Waals surface area contributed by atoms with Crippen molar-refractivity contribution in [3.8, 4) is 5.75 Å². The summed E-state index contributed by atoms with van der Waals surface area (Å²) in [5.41, 5.74) is 0.977. The fourth-order valence-corrected chi connectivity index (χ4v) is 2.58. The molecule has 29 heavy (non-hydrogen) atoms. The third-order valence-electron chi connectivity index (χ3n) is 3.34. The maximum Gasteiger partial charge on any atom is 1.00 e. The van der Waals surface area contributed by atoms with Gasteiger partial charge in [0.1, 0.15) is 18.5 Å². The molecule has 0 saturated carbocycles. The first-order valence-electron chi connectivity index (χ1n) is 9.00. The van der Waals surface area contributed by atoms with Crippen LogP contribution in [0.3, 0.4) is 0 Å². The predicted octanol–water partition coefficient (Wildman–Crippen LogP) is -4.77. The summed E-state index contributed by atoms with van der Waals surface area (Å²) in [5.74, 6) is 0.548. The van der Waals surface area contributed by atoms with E-state index in [2.05, 4.69) is 9.84 Å². The van der Waals surface area contributed by atoms with Crippen LogP contribution in [0.15, 0.2) is 24.3 Å². The van der Waals surface area contributed by atoms with Gasteiger partial charge in [-0.1, -0.05) is 26.0 Å². The van der Waals surface area contributed by atoms with Crippen LogP contribution in [0.1, 0.15) is 33.3 Å². The Labute approximate surface area is 218 Å². The van der Waals surface area contributed by atoms with E-state index in [-0.39, 0.29) is 84.4 Å². The van der Waals surface area contributed by atoms with Crippen molar-refractivity contribution in [1.82, 2.24) is 5.32 Å². The average molecular weight is 449 g/mol. The Bertz CT molecular complexity index is 570. The van der Waals surface area contributed by atoms with Crippen molar-refractivity contribution in [2.24, 2.45) is 0 Å². The number of hydrogen-bond acceptors (Lipinski definition) is 8. The average Bonchev–Trinajstić information content (AvgIpc) is 2.56. The van der Waals surface area contributed by atoms with Crippen molar-refractivity contribution >= 4 is 7.82 Å². The molecule has 0 spiro atoms. The topological polar surface area (TPSA) is 112 Å². The van der Waals surface area contributed by atoms with Crippen molar-refractivity contribution in [1.29, 1.82) is 0 Å². The minimum Gasteiger partial charge on any atom is -0.790 e. The molecule has 1 atom stereocenters. The van der Waals surface area contributed by atoms with E-state index in [0.29, 0.717) is 25.6 Å². The molecule has 0 fully saturated rings. The molecule has 11 heteroatoms. The minimum atomic E-state index is -5.08. The van der Waals surface area contributed by atoms with Gasteiger partial charge in [-0.15, -0.1) is 0 Å². The van der Waals surface area contributed by atoms with E-state index in [1.807, 2.05) is 39.8 Å². The standard InChI is InChI=1S/C18H32NO7P.2Na/c1-14(2)19-11-18(26-27(20,21)22)13-25-17-7-5-16(6-8-17)12-23-9-10-24-15(3)4;;/h5-8,14-15,18-19H,9-13H2,1-4H3,(H2,20,21,22);;/q;2*+1/p-2. The van der Waals surface area contributed by atoms with Crippen molar-refractivity contribution in [2.75, 3.05) is 26.4 Å². The number of ether oxygens (including phenoxy) is 3. The molecule has 0 heterocycles. The zero-order valence-corrected chi connectivity index (χ0v) is 23.3. The van der Waals surface area contributed by atoms with E-state index in [0.717, 1.165) is 5.56 Å². The van der Waals surface area contributed by atoms with Gasteiger partial charge in [0.2, 0.25) is 0 Å². The molecule has 0 aromatic heterocycles. The molecule has 156 valence electrons. The quantitative estimate of drug-likeness (QED) is 0.171. The predicted molar refractivity (Wildman–Crippen MR) is 98.3 cm³/mol. The monoisotopic (exact) mass is 449 g/mol. The zero-order valence-electron chi connectivity index (χ0n) is 18.4. The van der Waals surface area contributed by atoms with E-state index in [1.165, 1.54) is 0 Å². The van der Waals surface area contributed by atoms with Crippen molar-refractivity contribution in [3.63, 3.8) is 0 Å². The first-order chi connectivity index (χ1) is 12.7. The smallest absolute Gasteiger partial charge is 0.790 e. The number of benzene rings is 1. The van der Waals surface area contributed by atoms with Crippen molar-refractivity contribution < 1.29 is 92.2 Å². The molecule has 1 aromatic rings. The van der Waals surface area contributed by atoms with Crippen LogP contribution >= 0.6 is 7.82 Å². The van der Waals surface area contributed by atoms with Crippen LogP contribution in [-0.4, -0.2) is 44.6 Å². The summed E-state index contributed by atoms with van der Waals surface area (Å²) in [6.45, 7) is 9.41.